The van der Waals surface area contributed by atoms with E-state index in [0.29, 0.717) is 0 Å². The molecule has 2 aliphatic heterocycles. The van der Waals surface area contributed by atoms with Crippen LogP contribution in [0.15, 0.2) is 114 Å². The molecule has 0 saturated carbocycles. The molecule has 2 atom stereocenters. The van der Waals surface area contributed by atoms with E-state index in [1.54, 1.807) is 6.20 Å². The number of pyridine rings is 1. The highest BCUT2D eigenvalue weighted by Crippen LogP contribution is 2.26. The van der Waals surface area contributed by atoms with Crippen LogP contribution < -0.4 is 5.32 Å². The zero-order valence-corrected chi connectivity index (χ0v) is 17.3. The van der Waals surface area contributed by atoms with E-state index < -0.39 is 0 Å². The van der Waals surface area contributed by atoms with Gasteiger partial charge in [-0.2, -0.15) is 0 Å². The maximum Gasteiger partial charge on any atom is 0.128 e. The fourth-order valence-electron chi connectivity index (χ4n) is 3.53. The van der Waals surface area contributed by atoms with Crippen LogP contribution in [0.4, 0.5) is 5.82 Å². The zero-order valence-electron chi connectivity index (χ0n) is 17.3. The average molecular weight is 411 g/mol. The molecule has 0 spiro atoms. The Balaban J connectivity index is 0.000000149. The van der Waals surface area contributed by atoms with E-state index >= 15 is 0 Å². The number of rotatable bonds is 5. The number of aliphatic imine (C=N–C) groups is 1. The van der Waals surface area contributed by atoms with Gasteiger partial charge >= 0.3 is 0 Å². The molecule has 0 fully saturated rings. The molecular formula is C26H26N4O. The summed E-state index contributed by atoms with van der Waals surface area (Å²) in [5, 5.41) is 12.5. The van der Waals surface area contributed by atoms with Crippen molar-refractivity contribution in [1.82, 2.24) is 9.88 Å². The molecule has 0 amide bonds. The molecular weight excluding hydrogens is 384 g/mol. The van der Waals surface area contributed by atoms with Crippen LogP contribution in [0.5, 0.6) is 0 Å². The van der Waals surface area contributed by atoms with Crippen LogP contribution >= 0.6 is 0 Å². The Morgan fingerprint density at radius 2 is 1.68 bits per heavy atom. The van der Waals surface area contributed by atoms with Crippen molar-refractivity contribution in [1.29, 1.82) is 0 Å². The Hall–Kier alpha value is -3.70. The number of fused-ring (bicyclic) bond motifs is 1. The standard InChI is InChI=1S/C13H14N2O.C13H12N2/c16-10-12(11-6-2-1-3-7-11)15-13-8-4-5-9-14-13;1-2-6-11(7-3-1)12-10-15-9-5-4-8-13(15)14-12/h1-9,12,16H,10H2,(H,14,15);1-9,12H,10H2/t;12-/m.0/s1. The summed E-state index contributed by atoms with van der Waals surface area (Å²) in [5.41, 5.74) is 2.34. The molecule has 0 aliphatic carbocycles. The molecule has 1 unspecified atom stereocenters. The first-order valence-electron chi connectivity index (χ1n) is 10.4. The van der Waals surface area contributed by atoms with Crippen LogP contribution in [-0.2, 0) is 0 Å². The van der Waals surface area contributed by atoms with Gasteiger partial charge in [0.15, 0.2) is 0 Å². The van der Waals surface area contributed by atoms with Gasteiger partial charge in [0.2, 0.25) is 0 Å². The van der Waals surface area contributed by atoms with Crippen molar-refractivity contribution in [3.05, 3.63) is 121 Å². The predicted molar refractivity (Wildman–Crippen MR) is 126 cm³/mol. The highest BCUT2D eigenvalue weighted by molar-refractivity contribution is 5.96. The maximum atomic E-state index is 9.35. The summed E-state index contributed by atoms with van der Waals surface area (Å²) in [4.78, 5) is 11.0. The van der Waals surface area contributed by atoms with Gasteiger partial charge in [-0.05, 0) is 35.4 Å². The Kier molecular flexibility index (Phi) is 6.88. The van der Waals surface area contributed by atoms with Crippen molar-refractivity contribution in [2.24, 2.45) is 4.99 Å². The third-order valence-corrected chi connectivity index (χ3v) is 5.13. The number of nitrogens with zero attached hydrogens (tertiary/aromatic N) is 3. The molecule has 31 heavy (non-hydrogen) atoms. The zero-order chi connectivity index (χ0) is 21.3. The summed E-state index contributed by atoms with van der Waals surface area (Å²) in [6, 6.07) is 26.1. The van der Waals surface area contributed by atoms with Gasteiger partial charge < -0.3 is 15.3 Å². The number of benzene rings is 2. The number of anilines is 1. The number of aliphatic hydroxyl groups is 1. The fourth-order valence-corrected chi connectivity index (χ4v) is 3.53. The van der Waals surface area contributed by atoms with E-state index in [0.717, 1.165) is 23.8 Å². The number of nitrogens with one attached hydrogen (secondary N) is 1. The van der Waals surface area contributed by atoms with E-state index in [-0.39, 0.29) is 18.7 Å². The van der Waals surface area contributed by atoms with Crippen LogP contribution in [0.2, 0.25) is 0 Å². The quantitative estimate of drug-likeness (QED) is 0.637. The maximum absolute atomic E-state index is 9.35. The number of aliphatic hydroxyl groups excluding tert-OH is 1. The van der Waals surface area contributed by atoms with Crippen LogP contribution in [0.1, 0.15) is 23.2 Å². The van der Waals surface area contributed by atoms with Crippen molar-refractivity contribution in [2.75, 3.05) is 18.5 Å². The molecule has 0 saturated heterocycles. The normalized spacial score (nSPS) is 17.3. The highest BCUT2D eigenvalue weighted by atomic mass is 16.3. The van der Waals surface area contributed by atoms with E-state index in [9.17, 15) is 5.11 Å². The van der Waals surface area contributed by atoms with E-state index in [2.05, 4.69) is 56.7 Å². The molecule has 3 heterocycles. The number of allylic oxidation sites excluding steroid dienone is 2. The van der Waals surface area contributed by atoms with Crippen molar-refractivity contribution in [2.45, 2.75) is 12.1 Å². The lowest BCUT2D eigenvalue weighted by molar-refractivity contribution is 0.276. The van der Waals surface area contributed by atoms with Gasteiger partial charge in [-0.1, -0.05) is 72.8 Å². The first-order valence-corrected chi connectivity index (χ1v) is 10.4. The van der Waals surface area contributed by atoms with Gasteiger partial charge in [-0.25, -0.2) is 4.98 Å². The molecule has 2 aliphatic rings. The van der Waals surface area contributed by atoms with Crippen LogP contribution in [-0.4, -0.2) is 34.0 Å². The van der Waals surface area contributed by atoms with Crippen LogP contribution in [0.3, 0.4) is 0 Å². The number of hydrogen-bond acceptors (Lipinski definition) is 5. The average Bonchev–Trinajstić information content (AvgIpc) is 3.29. The van der Waals surface area contributed by atoms with Crippen LogP contribution in [0.25, 0.3) is 0 Å². The van der Waals surface area contributed by atoms with Crippen LogP contribution in [0, 0.1) is 0 Å². The first-order chi connectivity index (χ1) is 15.3. The van der Waals surface area contributed by atoms with Gasteiger partial charge in [0.25, 0.3) is 0 Å². The molecule has 5 rings (SSSR count). The smallest absolute Gasteiger partial charge is 0.128 e. The van der Waals surface area contributed by atoms with Crippen molar-refractivity contribution in [3.8, 4) is 0 Å². The summed E-state index contributed by atoms with van der Waals surface area (Å²) in [6.07, 6.45) is 9.95. The van der Waals surface area contributed by atoms with E-state index in [1.807, 2.05) is 66.7 Å². The molecule has 1 aromatic heterocycles. The molecule has 0 bridgehead atoms. The molecule has 2 aromatic carbocycles. The Morgan fingerprint density at radius 3 is 2.35 bits per heavy atom. The SMILES string of the molecule is C1=CC2=N[C@H](c3ccccc3)CN2C=C1.OCC(Nc1ccccn1)c1ccccc1. The molecule has 156 valence electrons. The van der Waals surface area contributed by atoms with Gasteiger partial charge in [-0.15, -0.1) is 0 Å². The third kappa shape index (κ3) is 5.47. The molecule has 5 heteroatoms. The lowest BCUT2D eigenvalue weighted by atomic mass is 10.1. The molecule has 0 radical (unpaired) electrons. The number of hydrogen-bond donors (Lipinski definition) is 2. The summed E-state index contributed by atoms with van der Waals surface area (Å²) >= 11 is 0. The second kappa shape index (κ2) is 10.4. The molecule has 3 aromatic rings. The van der Waals surface area contributed by atoms with Gasteiger partial charge in [-0.3, -0.25) is 4.99 Å². The van der Waals surface area contributed by atoms with Crippen molar-refractivity contribution >= 4 is 11.7 Å². The van der Waals surface area contributed by atoms with Crippen molar-refractivity contribution in [3.63, 3.8) is 0 Å². The monoisotopic (exact) mass is 410 g/mol. The lowest BCUT2D eigenvalue weighted by Gasteiger charge is -2.16. The predicted octanol–water partition coefficient (Wildman–Crippen LogP) is 4.75. The second-order valence-electron chi connectivity index (χ2n) is 7.27. The van der Waals surface area contributed by atoms with Gasteiger partial charge in [0, 0.05) is 12.4 Å². The lowest BCUT2D eigenvalue weighted by Crippen LogP contribution is -2.21. The minimum absolute atomic E-state index is 0.0422. The van der Waals surface area contributed by atoms with Gasteiger partial charge in [0.1, 0.15) is 11.7 Å². The van der Waals surface area contributed by atoms with E-state index in [1.165, 1.54) is 5.56 Å². The summed E-state index contributed by atoms with van der Waals surface area (Å²) in [5.74, 6) is 1.84. The van der Waals surface area contributed by atoms with Gasteiger partial charge in [0.05, 0.1) is 25.2 Å². The van der Waals surface area contributed by atoms with E-state index in [4.69, 9.17) is 0 Å². The Labute approximate surface area is 183 Å². The summed E-state index contributed by atoms with van der Waals surface area (Å²) in [6.45, 7) is 1.00. The Bertz CT molecular complexity index is 1030. The summed E-state index contributed by atoms with van der Waals surface area (Å²) in [7, 11) is 0. The topological polar surface area (TPSA) is 60.8 Å². The van der Waals surface area contributed by atoms with Crippen molar-refractivity contribution < 1.29 is 5.11 Å². The number of aromatic nitrogens is 1. The first kappa shape index (κ1) is 20.6. The highest BCUT2D eigenvalue weighted by Gasteiger charge is 2.23. The fraction of sp³-hybridized carbons (Fsp3) is 0.154. The molecule has 2 N–H and O–H groups in total. The third-order valence-electron chi connectivity index (χ3n) is 5.13. The largest absolute Gasteiger partial charge is 0.394 e. The second-order valence-corrected chi connectivity index (χ2v) is 7.27. The minimum Gasteiger partial charge on any atom is -0.394 e. The molecule has 5 nitrogen and oxygen atoms in total. The summed E-state index contributed by atoms with van der Waals surface area (Å²) < 4.78 is 0. The minimum atomic E-state index is -0.115. The number of amidine groups is 1. The Morgan fingerprint density at radius 1 is 0.935 bits per heavy atom.